The number of rotatable bonds is 4. The van der Waals surface area contributed by atoms with E-state index in [0.717, 1.165) is 24.1 Å². The number of carbonyl (C=O) groups excluding carboxylic acids is 2. The van der Waals surface area contributed by atoms with Gasteiger partial charge in [-0.05, 0) is 49.2 Å². The summed E-state index contributed by atoms with van der Waals surface area (Å²) < 4.78 is 28.0. The first-order valence-electron chi connectivity index (χ1n) is 8.23. The van der Waals surface area contributed by atoms with E-state index in [2.05, 4.69) is 26.1 Å². The van der Waals surface area contributed by atoms with Crippen molar-refractivity contribution in [1.82, 2.24) is 0 Å². The minimum absolute atomic E-state index is 0.277. The number of carbonyl (C=O) groups is 2. The highest BCUT2D eigenvalue weighted by molar-refractivity contribution is 9.10. The minimum Gasteiger partial charge on any atom is -0.371 e. The molecule has 136 valence electrons. The highest BCUT2D eigenvalue weighted by Gasteiger charge is 2.26. The monoisotopic (exact) mass is 422 g/mol. The number of anilines is 2. The zero-order valence-electron chi connectivity index (χ0n) is 13.8. The molecule has 7 heteroatoms. The van der Waals surface area contributed by atoms with Crippen molar-refractivity contribution in [2.24, 2.45) is 5.92 Å². The van der Waals surface area contributed by atoms with Gasteiger partial charge in [-0.1, -0.05) is 15.9 Å². The lowest BCUT2D eigenvalue weighted by Crippen LogP contribution is -2.38. The number of aldehydes is 1. The Morgan fingerprint density at radius 3 is 2.23 bits per heavy atom. The summed E-state index contributed by atoms with van der Waals surface area (Å²) in [6.45, 7) is 1.31. The maximum absolute atomic E-state index is 13.9. The summed E-state index contributed by atoms with van der Waals surface area (Å²) in [5.41, 5.74) is 1.19. The average Bonchev–Trinajstić information content (AvgIpc) is 2.64. The summed E-state index contributed by atoms with van der Waals surface area (Å²) >= 11 is 3.01. The van der Waals surface area contributed by atoms with Crippen LogP contribution in [0.1, 0.15) is 23.2 Å². The van der Waals surface area contributed by atoms with Crippen molar-refractivity contribution < 1.29 is 18.4 Å². The van der Waals surface area contributed by atoms with Crippen LogP contribution in [0.15, 0.2) is 40.9 Å². The molecule has 4 nitrogen and oxygen atoms in total. The summed E-state index contributed by atoms with van der Waals surface area (Å²) in [4.78, 5) is 25.2. The van der Waals surface area contributed by atoms with Gasteiger partial charge in [0, 0.05) is 34.7 Å². The fourth-order valence-corrected chi connectivity index (χ4v) is 3.45. The zero-order chi connectivity index (χ0) is 18.7. The molecule has 1 fully saturated rings. The molecule has 0 spiro atoms. The van der Waals surface area contributed by atoms with E-state index < -0.39 is 17.3 Å². The molecular weight excluding hydrogens is 406 g/mol. The second kappa shape index (κ2) is 7.95. The standard InChI is InChI=1S/C19H17BrF2N2O2/c20-14-9-16(21)18(17(22)10-14)23-19(26)13-5-7-24(8-6-13)15-3-1-12(11-25)2-4-15/h1-4,9-11,13H,5-8H2,(H,23,26). The van der Waals surface area contributed by atoms with Crippen LogP contribution in [0.2, 0.25) is 0 Å². The Bertz CT molecular complexity index is 796. The molecule has 1 aliphatic heterocycles. The molecule has 0 bridgehead atoms. The van der Waals surface area contributed by atoms with Gasteiger partial charge in [-0.2, -0.15) is 0 Å². The lowest BCUT2D eigenvalue weighted by molar-refractivity contribution is -0.120. The van der Waals surface area contributed by atoms with E-state index in [1.54, 1.807) is 12.1 Å². The van der Waals surface area contributed by atoms with Gasteiger partial charge >= 0.3 is 0 Å². The minimum atomic E-state index is -0.807. The van der Waals surface area contributed by atoms with E-state index in [0.29, 0.717) is 31.5 Å². The van der Waals surface area contributed by atoms with Gasteiger partial charge in [0.2, 0.25) is 5.91 Å². The normalized spacial score (nSPS) is 15.0. The van der Waals surface area contributed by atoms with Crippen molar-refractivity contribution in [3.8, 4) is 0 Å². The van der Waals surface area contributed by atoms with Crippen LogP contribution in [0.3, 0.4) is 0 Å². The number of nitrogens with zero attached hydrogens (tertiary/aromatic N) is 1. The van der Waals surface area contributed by atoms with Crippen molar-refractivity contribution >= 4 is 39.5 Å². The fraction of sp³-hybridized carbons (Fsp3) is 0.263. The number of hydrogen-bond acceptors (Lipinski definition) is 3. The maximum Gasteiger partial charge on any atom is 0.227 e. The molecule has 1 aliphatic rings. The Morgan fingerprint density at radius 1 is 1.12 bits per heavy atom. The van der Waals surface area contributed by atoms with Crippen molar-refractivity contribution in [2.45, 2.75) is 12.8 Å². The summed E-state index contributed by atoms with van der Waals surface area (Å²) in [6.07, 6.45) is 1.96. The number of nitrogens with one attached hydrogen (secondary N) is 1. The van der Waals surface area contributed by atoms with Gasteiger partial charge in [-0.25, -0.2) is 8.78 Å². The third-order valence-corrected chi connectivity index (χ3v) is 4.97. The number of amides is 1. The fourth-order valence-electron chi connectivity index (χ4n) is 3.05. The molecule has 0 aromatic heterocycles. The summed E-state index contributed by atoms with van der Waals surface area (Å²) in [5.74, 6) is -2.29. The lowest BCUT2D eigenvalue weighted by atomic mass is 9.95. The third kappa shape index (κ3) is 4.09. The molecule has 0 aliphatic carbocycles. The highest BCUT2D eigenvalue weighted by atomic mass is 79.9. The van der Waals surface area contributed by atoms with Gasteiger partial charge in [0.05, 0.1) is 0 Å². The van der Waals surface area contributed by atoms with E-state index >= 15 is 0 Å². The Morgan fingerprint density at radius 2 is 1.69 bits per heavy atom. The molecule has 1 heterocycles. The van der Waals surface area contributed by atoms with Gasteiger partial charge in [-0.3, -0.25) is 9.59 Å². The van der Waals surface area contributed by atoms with Gasteiger partial charge in [0.15, 0.2) is 11.6 Å². The van der Waals surface area contributed by atoms with E-state index in [4.69, 9.17) is 0 Å². The molecule has 0 atom stereocenters. The van der Waals surface area contributed by atoms with Gasteiger partial charge < -0.3 is 10.2 Å². The molecule has 0 saturated carbocycles. The van der Waals surface area contributed by atoms with Crippen LogP contribution in [-0.2, 0) is 4.79 Å². The number of piperidine rings is 1. The van der Waals surface area contributed by atoms with Crippen molar-refractivity contribution in [3.05, 3.63) is 58.1 Å². The second-order valence-electron chi connectivity index (χ2n) is 6.20. The highest BCUT2D eigenvalue weighted by Crippen LogP contribution is 2.27. The number of benzene rings is 2. The Hall–Kier alpha value is -2.28. The molecule has 1 saturated heterocycles. The molecular formula is C19H17BrF2N2O2. The van der Waals surface area contributed by atoms with E-state index in [-0.39, 0.29) is 16.3 Å². The molecule has 1 amide bonds. The summed E-state index contributed by atoms with van der Waals surface area (Å²) in [5, 5.41) is 2.38. The first kappa shape index (κ1) is 18.5. The van der Waals surface area contributed by atoms with Crippen LogP contribution in [-0.4, -0.2) is 25.3 Å². The van der Waals surface area contributed by atoms with Crippen LogP contribution in [0, 0.1) is 17.6 Å². The molecule has 2 aromatic rings. The molecule has 26 heavy (non-hydrogen) atoms. The predicted octanol–water partition coefficient (Wildman–Crippen LogP) is 4.39. The third-order valence-electron chi connectivity index (χ3n) is 4.52. The quantitative estimate of drug-likeness (QED) is 0.743. The molecule has 0 radical (unpaired) electrons. The van der Waals surface area contributed by atoms with Crippen molar-refractivity contribution in [3.63, 3.8) is 0 Å². The van der Waals surface area contributed by atoms with Crippen LogP contribution >= 0.6 is 15.9 Å². The summed E-state index contributed by atoms with van der Waals surface area (Å²) in [6, 6.07) is 9.47. The number of hydrogen-bond donors (Lipinski definition) is 1. The van der Waals surface area contributed by atoms with Crippen LogP contribution < -0.4 is 10.2 Å². The van der Waals surface area contributed by atoms with E-state index in [1.165, 1.54) is 0 Å². The van der Waals surface area contributed by atoms with Crippen LogP contribution in [0.4, 0.5) is 20.2 Å². The van der Waals surface area contributed by atoms with Gasteiger partial charge in [-0.15, -0.1) is 0 Å². The maximum atomic E-state index is 13.9. The first-order valence-corrected chi connectivity index (χ1v) is 9.03. The zero-order valence-corrected chi connectivity index (χ0v) is 15.4. The molecule has 0 unspecified atom stereocenters. The topological polar surface area (TPSA) is 49.4 Å². The Labute approximate surface area is 158 Å². The first-order chi connectivity index (χ1) is 12.5. The SMILES string of the molecule is O=Cc1ccc(N2CCC(C(=O)Nc3c(F)cc(Br)cc3F)CC2)cc1. The van der Waals surface area contributed by atoms with E-state index in [1.807, 2.05) is 12.1 Å². The average molecular weight is 423 g/mol. The van der Waals surface area contributed by atoms with Crippen LogP contribution in [0.5, 0.6) is 0 Å². The van der Waals surface area contributed by atoms with Gasteiger partial charge in [0.25, 0.3) is 0 Å². The van der Waals surface area contributed by atoms with Crippen LogP contribution in [0.25, 0.3) is 0 Å². The molecule has 2 aromatic carbocycles. The van der Waals surface area contributed by atoms with Crippen molar-refractivity contribution in [2.75, 3.05) is 23.3 Å². The Kier molecular flexibility index (Phi) is 5.66. The number of halogens is 3. The molecule has 3 rings (SSSR count). The smallest absolute Gasteiger partial charge is 0.227 e. The largest absolute Gasteiger partial charge is 0.371 e. The Balaban J connectivity index is 1.61. The lowest BCUT2D eigenvalue weighted by Gasteiger charge is -2.33. The van der Waals surface area contributed by atoms with Gasteiger partial charge in [0.1, 0.15) is 12.0 Å². The summed E-state index contributed by atoms with van der Waals surface area (Å²) in [7, 11) is 0. The molecule has 1 N–H and O–H groups in total. The second-order valence-corrected chi connectivity index (χ2v) is 7.12. The van der Waals surface area contributed by atoms with Crippen molar-refractivity contribution in [1.29, 1.82) is 0 Å². The van der Waals surface area contributed by atoms with E-state index in [9.17, 15) is 18.4 Å². The predicted molar refractivity (Wildman–Crippen MR) is 99.5 cm³/mol.